The Morgan fingerprint density at radius 1 is 1.45 bits per heavy atom. The van der Waals surface area contributed by atoms with E-state index in [1.54, 1.807) is 18.3 Å². The zero-order valence-corrected chi connectivity index (χ0v) is 13.6. The maximum Gasteiger partial charge on any atom is 0.225 e. The molecular formula is C13H19ClN4OS. The van der Waals surface area contributed by atoms with Crippen molar-refractivity contribution in [3.05, 3.63) is 16.2 Å². The molecule has 0 fully saturated rings. The number of thiophene rings is 1. The molecule has 0 radical (unpaired) electrons. The van der Waals surface area contributed by atoms with Gasteiger partial charge in [-0.25, -0.2) is 9.97 Å². The molecule has 0 saturated carbocycles. The zero-order chi connectivity index (χ0) is 14.9. The monoisotopic (exact) mass is 314 g/mol. The van der Waals surface area contributed by atoms with Gasteiger partial charge in [-0.3, -0.25) is 0 Å². The van der Waals surface area contributed by atoms with Crippen LogP contribution in [0.3, 0.4) is 0 Å². The molecule has 2 heterocycles. The quantitative estimate of drug-likeness (QED) is 0.830. The van der Waals surface area contributed by atoms with Crippen molar-refractivity contribution in [2.24, 2.45) is 0 Å². The van der Waals surface area contributed by atoms with Crippen molar-refractivity contribution in [3.8, 4) is 0 Å². The van der Waals surface area contributed by atoms with Gasteiger partial charge in [-0.05, 0) is 45.6 Å². The third-order valence-electron chi connectivity index (χ3n) is 2.78. The van der Waals surface area contributed by atoms with Crippen LogP contribution in [0, 0.1) is 6.92 Å². The topological polar surface area (TPSA) is 61.3 Å². The zero-order valence-electron chi connectivity index (χ0n) is 12.1. The molecule has 0 spiro atoms. The van der Waals surface area contributed by atoms with Crippen LogP contribution < -0.4 is 5.32 Å². The van der Waals surface area contributed by atoms with Crippen molar-refractivity contribution in [3.63, 3.8) is 0 Å². The van der Waals surface area contributed by atoms with E-state index >= 15 is 0 Å². The minimum Gasteiger partial charge on any atom is -0.387 e. The summed E-state index contributed by atoms with van der Waals surface area (Å²) in [5.74, 6) is 0.670. The van der Waals surface area contributed by atoms with Gasteiger partial charge in [-0.1, -0.05) is 0 Å². The van der Waals surface area contributed by atoms with Crippen LogP contribution in [0.2, 0.25) is 5.28 Å². The van der Waals surface area contributed by atoms with Crippen molar-refractivity contribution in [1.82, 2.24) is 14.9 Å². The van der Waals surface area contributed by atoms with E-state index in [1.807, 2.05) is 32.0 Å². The normalized spacial score (nSPS) is 14.8. The lowest BCUT2D eigenvalue weighted by Gasteiger charge is -2.27. The summed E-state index contributed by atoms with van der Waals surface area (Å²) in [6.45, 7) is 4.76. The van der Waals surface area contributed by atoms with E-state index < -0.39 is 5.60 Å². The van der Waals surface area contributed by atoms with Gasteiger partial charge in [0, 0.05) is 18.0 Å². The van der Waals surface area contributed by atoms with E-state index in [-0.39, 0.29) is 5.28 Å². The van der Waals surface area contributed by atoms with E-state index in [0.29, 0.717) is 18.9 Å². The molecule has 0 aromatic carbocycles. The van der Waals surface area contributed by atoms with Crippen LogP contribution in [0.4, 0.5) is 5.82 Å². The Hall–Kier alpha value is -0.950. The molecule has 2 N–H and O–H groups in total. The lowest BCUT2D eigenvalue weighted by molar-refractivity contribution is 0.0459. The SMILES string of the molecule is Cc1cc2c(NCC(C)(O)CN(C)C)nc(Cl)nc2s1. The summed E-state index contributed by atoms with van der Waals surface area (Å²) in [4.78, 5) is 12.4. The van der Waals surface area contributed by atoms with Crippen LogP contribution in [0.1, 0.15) is 11.8 Å². The molecule has 0 aliphatic carbocycles. The van der Waals surface area contributed by atoms with Crippen molar-refractivity contribution in [2.75, 3.05) is 32.5 Å². The molecule has 7 heteroatoms. The first-order chi connectivity index (χ1) is 9.27. The molecular weight excluding hydrogens is 296 g/mol. The van der Waals surface area contributed by atoms with Crippen LogP contribution in [0.25, 0.3) is 10.2 Å². The van der Waals surface area contributed by atoms with E-state index in [4.69, 9.17) is 11.6 Å². The van der Waals surface area contributed by atoms with Gasteiger partial charge in [0.15, 0.2) is 0 Å². The highest BCUT2D eigenvalue weighted by Crippen LogP contribution is 2.29. The Morgan fingerprint density at radius 3 is 2.80 bits per heavy atom. The first-order valence-corrected chi connectivity index (χ1v) is 7.51. The highest BCUT2D eigenvalue weighted by atomic mass is 35.5. The fraction of sp³-hybridized carbons (Fsp3) is 0.538. The van der Waals surface area contributed by atoms with E-state index in [0.717, 1.165) is 15.1 Å². The minimum absolute atomic E-state index is 0.217. The fourth-order valence-corrected chi connectivity index (χ4v) is 3.26. The lowest BCUT2D eigenvalue weighted by atomic mass is 10.1. The second kappa shape index (κ2) is 5.81. The second-order valence-electron chi connectivity index (χ2n) is 5.51. The Bertz CT molecular complexity index is 612. The first-order valence-electron chi connectivity index (χ1n) is 6.31. The standard InChI is InChI=1S/C13H19ClN4OS/c1-8-5-9-10(16-12(14)17-11(9)20-8)15-6-13(2,19)7-18(3)4/h5,19H,6-7H2,1-4H3,(H,15,16,17). The molecule has 0 bridgehead atoms. The Balaban J connectivity index is 2.21. The maximum absolute atomic E-state index is 10.3. The second-order valence-corrected chi connectivity index (χ2v) is 7.08. The summed E-state index contributed by atoms with van der Waals surface area (Å²) in [7, 11) is 3.85. The third kappa shape index (κ3) is 3.79. The molecule has 5 nitrogen and oxygen atoms in total. The predicted molar refractivity (Wildman–Crippen MR) is 84.8 cm³/mol. The van der Waals surface area contributed by atoms with E-state index in [2.05, 4.69) is 15.3 Å². The van der Waals surface area contributed by atoms with Gasteiger partial charge in [-0.2, -0.15) is 0 Å². The van der Waals surface area contributed by atoms with Crippen LogP contribution in [0.5, 0.6) is 0 Å². The molecule has 1 atom stereocenters. The molecule has 0 amide bonds. The molecule has 0 aliphatic heterocycles. The Kier molecular flexibility index (Phi) is 4.49. The number of anilines is 1. The highest BCUT2D eigenvalue weighted by molar-refractivity contribution is 7.18. The summed E-state index contributed by atoms with van der Waals surface area (Å²) < 4.78 is 0. The number of rotatable bonds is 5. The molecule has 2 aromatic rings. The Labute approximate surface area is 127 Å². The third-order valence-corrected chi connectivity index (χ3v) is 3.90. The van der Waals surface area contributed by atoms with Gasteiger partial charge in [0.2, 0.25) is 5.28 Å². The van der Waals surface area contributed by atoms with Crippen molar-refractivity contribution < 1.29 is 5.11 Å². The number of nitrogens with zero attached hydrogens (tertiary/aromatic N) is 3. The number of nitrogens with one attached hydrogen (secondary N) is 1. The summed E-state index contributed by atoms with van der Waals surface area (Å²) in [5, 5.41) is 14.7. The lowest BCUT2D eigenvalue weighted by Crippen LogP contribution is -2.43. The fourth-order valence-electron chi connectivity index (χ4n) is 2.16. The molecule has 0 saturated heterocycles. The minimum atomic E-state index is -0.849. The molecule has 0 aliphatic rings. The number of aliphatic hydroxyl groups is 1. The number of aromatic nitrogens is 2. The average Bonchev–Trinajstić information content (AvgIpc) is 2.64. The molecule has 20 heavy (non-hydrogen) atoms. The summed E-state index contributed by atoms with van der Waals surface area (Å²) in [6.07, 6.45) is 0. The van der Waals surface area contributed by atoms with Gasteiger partial charge in [0.05, 0.1) is 11.0 Å². The van der Waals surface area contributed by atoms with Crippen LogP contribution in [-0.2, 0) is 0 Å². The number of aryl methyl sites for hydroxylation is 1. The first kappa shape index (κ1) is 15.4. The summed E-state index contributed by atoms with van der Waals surface area (Å²) in [5.41, 5.74) is -0.849. The number of hydrogen-bond donors (Lipinski definition) is 2. The smallest absolute Gasteiger partial charge is 0.225 e. The molecule has 2 rings (SSSR count). The van der Waals surface area contributed by atoms with Crippen molar-refractivity contribution in [1.29, 1.82) is 0 Å². The van der Waals surface area contributed by atoms with Gasteiger partial charge in [0.1, 0.15) is 10.6 Å². The van der Waals surface area contributed by atoms with Gasteiger partial charge in [0.25, 0.3) is 0 Å². The summed E-state index contributed by atoms with van der Waals surface area (Å²) >= 11 is 7.52. The van der Waals surface area contributed by atoms with Gasteiger partial charge in [-0.15, -0.1) is 11.3 Å². The van der Waals surface area contributed by atoms with E-state index in [9.17, 15) is 5.11 Å². The van der Waals surface area contributed by atoms with Crippen LogP contribution in [0.15, 0.2) is 6.07 Å². The van der Waals surface area contributed by atoms with Crippen LogP contribution >= 0.6 is 22.9 Å². The van der Waals surface area contributed by atoms with Crippen molar-refractivity contribution >= 4 is 39.0 Å². The van der Waals surface area contributed by atoms with E-state index in [1.165, 1.54) is 0 Å². The largest absolute Gasteiger partial charge is 0.387 e. The highest BCUT2D eigenvalue weighted by Gasteiger charge is 2.22. The molecule has 110 valence electrons. The molecule has 1 unspecified atom stereocenters. The predicted octanol–water partition coefficient (Wildman–Crippen LogP) is 2.38. The molecule has 2 aromatic heterocycles. The van der Waals surface area contributed by atoms with Crippen molar-refractivity contribution in [2.45, 2.75) is 19.4 Å². The number of halogens is 1. The van der Waals surface area contributed by atoms with Crippen LogP contribution in [-0.4, -0.2) is 52.8 Å². The number of likely N-dealkylation sites (N-methyl/N-ethyl adjacent to an activating group) is 1. The van der Waals surface area contributed by atoms with Gasteiger partial charge >= 0.3 is 0 Å². The van der Waals surface area contributed by atoms with Gasteiger partial charge < -0.3 is 15.3 Å². The Morgan fingerprint density at radius 2 is 2.15 bits per heavy atom. The number of fused-ring (bicyclic) bond motifs is 1. The maximum atomic E-state index is 10.3. The summed E-state index contributed by atoms with van der Waals surface area (Å²) in [6, 6.07) is 2.03. The number of hydrogen-bond acceptors (Lipinski definition) is 6. The average molecular weight is 315 g/mol.